The number of carbonyl (C=O) groups excluding carboxylic acids is 1. The third kappa shape index (κ3) is 4.43. The van der Waals surface area contributed by atoms with E-state index in [4.69, 9.17) is 21.1 Å². The number of anilines is 1. The fourth-order valence-electron chi connectivity index (χ4n) is 2.13. The monoisotopic (exact) mass is 330 g/mol. The Bertz CT molecular complexity index is 507. The van der Waals surface area contributed by atoms with E-state index in [1.807, 2.05) is 11.8 Å². The molecule has 2 N–H and O–H groups in total. The Balaban J connectivity index is 2.02. The van der Waals surface area contributed by atoms with Gasteiger partial charge in [0, 0.05) is 42.6 Å². The number of hydrogen-bond acceptors (Lipinski definition) is 5. The molecule has 1 saturated heterocycles. The van der Waals surface area contributed by atoms with E-state index in [1.54, 1.807) is 26.4 Å². The van der Waals surface area contributed by atoms with Gasteiger partial charge >= 0.3 is 0 Å². The number of rotatable bonds is 5. The van der Waals surface area contributed by atoms with Crippen molar-refractivity contribution in [2.45, 2.75) is 12.5 Å². The van der Waals surface area contributed by atoms with Gasteiger partial charge in [0.25, 0.3) is 0 Å². The third-order valence-corrected chi connectivity index (χ3v) is 4.62. The minimum Gasteiger partial charge on any atom is -0.493 e. The second-order valence-electron chi connectivity index (χ2n) is 4.67. The van der Waals surface area contributed by atoms with Gasteiger partial charge in [-0.25, -0.2) is 0 Å². The van der Waals surface area contributed by atoms with E-state index in [-0.39, 0.29) is 11.9 Å². The average Bonchev–Trinajstić information content (AvgIpc) is 2.49. The maximum absolute atomic E-state index is 12.1. The van der Waals surface area contributed by atoms with Crippen molar-refractivity contribution < 1.29 is 14.3 Å². The van der Waals surface area contributed by atoms with Gasteiger partial charge in [-0.05, 0) is 0 Å². The highest BCUT2D eigenvalue weighted by atomic mass is 35.5. The smallest absolute Gasteiger partial charge is 0.226 e. The number of amides is 1. The number of hydrogen-bond donors (Lipinski definition) is 2. The van der Waals surface area contributed by atoms with Crippen molar-refractivity contribution >= 4 is 35.0 Å². The molecule has 0 aliphatic carbocycles. The molecule has 0 aromatic heterocycles. The summed E-state index contributed by atoms with van der Waals surface area (Å²) in [7, 11) is 3.08. The zero-order valence-corrected chi connectivity index (χ0v) is 13.6. The molecule has 0 bridgehead atoms. The van der Waals surface area contributed by atoms with Gasteiger partial charge in [-0.3, -0.25) is 4.79 Å². The van der Waals surface area contributed by atoms with Crippen LogP contribution in [0.25, 0.3) is 0 Å². The first kappa shape index (κ1) is 16.3. The first-order chi connectivity index (χ1) is 10.1. The van der Waals surface area contributed by atoms with Crippen molar-refractivity contribution in [3.05, 3.63) is 17.2 Å². The van der Waals surface area contributed by atoms with Crippen molar-refractivity contribution in [3.8, 4) is 11.5 Å². The number of methoxy groups -OCH3 is 2. The Kier molecular flexibility index (Phi) is 6.02. The highest BCUT2D eigenvalue weighted by molar-refractivity contribution is 7.99. The summed E-state index contributed by atoms with van der Waals surface area (Å²) in [5.41, 5.74) is 0.530. The molecule has 0 saturated carbocycles. The summed E-state index contributed by atoms with van der Waals surface area (Å²) in [5, 5.41) is 6.58. The van der Waals surface area contributed by atoms with E-state index in [2.05, 4.69) is 10.6 Å². The summed E-state index contributed by atoms with van der Waals surface area (Å²) in [5.74, 6) is 3.05. The molecule has 1 aromatic rings. The standard InChI is InChI=1S/C14H19ClN2O3S/c1-19-12-6-10(15)11(7-13(12)20-2)17-14(18)5-9-8-21-4-3-16-9/h6-7,9,16H,3-5,8H2,1-2H3,(H,17,18). The summed E-state index contributed by atoms with van der Waals surface area (Å²) in [6, 6.07) is 3.51. The SMILES string of the molecule is COc1cc(Cl)c(NC(=O)CC2CSCCN2)cc1OC. The average molecular weight is 331 g/mol. The number of ether oxygens (including phenoxy) is 2. The molecule has 0 spiro atoms. The quantitative estimate of drug-likeness (QED) is 0.868. The topological polar surface area (TPSA) is 59.6 Å². The van der Waals surface area contributed by atoms with E-state index in [0.717, 1.165) is 18.1 Å². The summed E-state index contributed by atoms with van der Waals surface area (Å²) < 4.78 is 10.4. The first-order valence-electron chi connectivity index (χ1n) is 6.66. The van der Waals surface area contributed by atoms with Gasteiger partial charge in [0.2, 0.25) is 5.91 Å². The molecular weight excluding hydrogens is 312 g/mol. The highest BCUT2D eigenvalue weighted by Gasteiger charge is 2.18. The lowest BCUT2D eigenvalue weighted by Crippen LogP contribution is -2.39. The van der Waals surface area contributed by atoms with Gasteiger partial charge in [0.05, 0.1) is 24.9 Å². The second kappa shape index (κ2) is 7.77. The highest BCUT2D eigenvalue weighted by Crippen LogP contribution is 2.36. The van der Waals surface area contributed by atoms with Gasteiger partial charge in [0.1, 0.15) is 0 Å². The Morgan fingerprint density at radius 3 is 2.76 bits per heavy atom. The van der Waals surface area contributed by atoms with Gasteiger partial charge in [0.15, 0.2) is 11.5 Å². The molecule has 1 aromatic carbocycles. The van der Waals surface area contributed by atoms with Crippen LogP contribution in [0.3, 0.4) is 0 Å². The molecule has 1 aliphatic heterocycles. The first-order valence-corrected chi connectivity index (χ1v) is 8.19. The summed E-state index contributed by atoms with van der Waals surface area (Å²) in [6.45, 7) is 0.944. The predicted molar refractivity (Wildman–Crippen MR) is 86.9 cm³/mol. The number of thioether (sulfide) groups is 1. The Morgan fingerprint density at radius 1 is 1.43 bits per heavy atom. The van der Waals surface area contributed by atoms with Crippen LogP contribution in [0.4, 0.5) is 5.69 Å². The van der Waals surface area contributed by atoms with E-state index in [0.29, 0.717) is 28.6 Å². The van der Waals surface area contributed by atoms with Gasteiger partial charge in [-0.1, -0.05) is 11.6 Å². The largest absolute Gasteiger partial charge is 0.493 e. The van der Waals surface area contributed by atoms with Crippen LogP contribution in [0.15, 0.2) is 12.1 Å². The van der Waals surface area contributed by atoms with Crippen LogP contribution in [0.2, 0.25) is 5.02 Å². The van der Waals surface area contributed by atoms with Crippen LogP contribution in [0, 0.1) is 0 Å². The molecule has 116 valence electrons. The third-order valence-electron chi connectivity index (χ3n) is 3.18. The van der Waals surface area contributed by atoms with Crippen LogP contribution in [-0.2, 0) is 4.79 Å². The summed E-state index contributed by atoms with van der Waals surface area (Å²) in [6.07, 6.45) is 0.428. The molecule has 1 fully saturated rings. The lowest BCUT2D eigenvalue weighted by molar-refractivity contribution is -0.116. The van der Waals surface area contributed by atoms with Crippen molar-refractivity contribution in [3.63, 3.8) is 0 Å². The summed E-state index contributed by atoms with van der Waals surface area (Å²) >= 11 is 8.01. The van der Waals surface area contributed by atoms with Gasteiger partial charge in [-0.2, -0.15) is 11.8 Å². The summed E-state index contributed by atoms with van der Waals surface area (Å²) in [4.78, 5) is 12.1. The molecule has 5 nitrogen and oxygen atoms in total. The molecule has 21 heavy (non-hydrogen) atoms. The molecule has 1 atom stereocenters. The van der Waals surface area contributed by atoms with Crippen LogP contribution >= 0.6 is 23.4 Å². The van der Waals surface area contributed by atoms with Gasteiger partial charge in [-0.15, -0.1) is 0 Å². The normalized spacial score (nSPS) is 18.1. The number of carbonyl (C=O) groups is 1. The molecular formula is C14H19ClN2O3S. The molecule has 0 radical (unpaired) electrons. The number of nitrogens with one attached hydrogen (secondary N) is 2. The Labute approximate surface area is 133 Å². The van der Waals surface area contributed by atoms with Crippen LogP contribution in [0.5, 0.6) is 11.5 Å². The van der Waals surface area contributed by atoms with Crippen molar-refractivity contribution in [2.75, 3.05) is 37.6 Å². The lowest BCUT2D eigenvalue weighted by Gasteiger charge is -2.22. The second-order valence-corrected chi connectivity index (χ2v) is 6.22. The molecule has 7 heteroatoms. The zero-order chi connectivity index (χ0) is 15.2. The van der Waals surface area contributed by atoms with Crippen LogP contribution in [0.1, 0.15) is 6.42 Å². The maximum atomic E-state index is 12.1. The molecule has 1 aliphatic rings. The van der Waals surface area contributed by atoms with Crippen molar-refractivity contribution in [2.24, 2.45) is 0 Å². The number of halogens is 1. The zero-order valence-electron chi connectivity index (χ0n) is 12.1. The molecule has 1 amide bonds. The van der Waals surface area contributed by atoms with Gasteiger partial charge < -0.3 is 20.1 Å². The fourth-order valence-corrected chi connectivity index (χ4v) is 3.28. The van der Waals surface area contributed by atoms with Crippen molar-refractivity contribution in [1.29, 1.82) is 0 Å². The van der Waals surface area contributed by atoms with E-state index in [9.17, 15) is 4.79 Å². The minimum atomic E-state index is -0.0656. The van der Waals surface area contributed by atoms with E-state index in [1.165, 1.54) is 0 Å². The van der Waals surface area contributed by atoms with Crippen molar-refractivity contribution in [1.82, 2.24) is 5.32 Å². The Morgan fingerprint density at radius 2 is 2.14 bits per heavy atom. The van der Waals surface area contributed by atoms with Crippen LogP contribution < -0.4 is 20.1 Å². The van der Waals surface area contributed by atoms with E-state index < -0.39 is 0 Å². The lowest BCUT2D eigenvalue weighted by atomic mass is 10.2. The maximum Gasteiger partial charge on any atom is 0.226 e. The number of benzene rings is 1. The van der Waals surface area contributed by atoms with E-state index >= 15 is 0 Å². The molecule has 2 rings (SSSR count). The molecule has 1 heterocycles. The Hall–Kier alpha value is -1.11. The fraction of sp³-hybridized carbons (Fsp3) is 0.500. The van der Waals surface area contributed by atoms with Crippen LogP contribution in [-0.4, -0.2) is 44.2 Å². The molecule has 1 unspecified atom stereocenters. The minimum absolute atomic E-state index is 0.0656. The predicted octanol–water partition coefficient (Wildman–Crippen LogP) is 2.39.